The number of fused-ring (bicyclic) bond motifs is 1. The van der Waals surface area contributed by atoms with E-state index < -0.39 is 4.92 Å². The fourth-order valence-corrected chi connectivity index (χ4v) is 2.54. The number of hydrogen-bond donors (Lipinski definition) is 0. The first-order valence-corrected chi connectivity index (χ1v) is 6.55. The summed E-state index contributed by atoms with van der Waals surface area (Å²) in [5.74, 6) is 0.463. The first-order chi connectivity index (χ1) is 9.63. The molecule has 7 nitrogen and oxygen atoms in total. The lowest BCUT2D eigenvalue weighted by atomic mass is 10.2. The molecular weight excluding hydrogens is 278 g/mol. The molecule has 3 rings (SSSR count). The number of rotatable bonds is 3. The first-order valence-electron chi connectivity index (χ1n) is 5.74. The van der Waals surface area contributed by atoms with Crippen molar-refractivity contribution in [3.8, 4) is 0 Å². The molecule has 0 spiro atoms. The Balaban J connectivity index is 2.00. The second-order valence-electron chi connectivity index (χ2n) is 4.09. The Labute approximate surface area is 117 Å². The zero-order chi connectivity index (χ0) is 14.1. The molecule has 0 N–H and O–H groups in total. The van der Waals surface area contributed by atoms with Crippen molar-refractivity contribution in [1.29, 1.82) is 0 Å². The molecule has 0 unspecified atom stereocenters. The summed E-state index contributed by atoms with van der Waals surface area (Å²) in [6.07, 6.45) is 3.34. The van der Waals surface area contributed by atoms with Crippen molar-refractivity contribution in [1.82, 2.24) is 19.6 Å². The van der Waals surface area contributed by atoms with Crippen LogP contribution in [0.5, 0.6) is 0 Å². The van der Waals surface area contributed by atoms with Gasteiger partial charge in [-0.25, -0.2) is 9.50 Å². The van der Waals surface area contributed by atoms with E-state index in [1.165, 1.54) is 10.6 Å². The monoisotopic (exact) mass is 287 g/mol. The van der Waals surface area contributed by atoms with Crippen molar-refractivity contribution in [2.75, 3.05) is 0 Å². The lowest BCUT2D eigenvalue weighted by molar-refractivity contribution is -0.387. The number of aromatic nitrogens is 4. The van der Waals surface area contributed by atoms with Gasteiger partial charge in [-0.15, -0.1) is 5.10 Å². The number of nitro benzene ring substituents is 1. The highest BCUT2D eigenvalue weighted by atomic mass is 32.2. The molecule has 3 aromatic rings. The van der Waals surface area contributed by atoms with Crippen LogP contribution in [0, 0.1) is 17.0 Å². The van der Waals surface area contributed by atoms with Crippen molar-refractivity contribution in [3.63, 3.8) is 0 Å². The molecule has 0 amide bonds. The van der Waals surface area contributed by atoms with Crippen LogP contribution in [-0.4, -0.2) is 24.5 Å². The maximum absolute atomic E-state index is 11.1. The molecule has 2 aromatic heterocycles. The lowest BCUT2D eigenvalue weighted by Crippen LogP contribution is -1.92. The maximum Gasteiger partial charge on any atom is 0.283 e. The van der Waals surface area contributed by atoms with Gasteiger partial charge in [0.05, 0.1) is 9.82 Å². The Morgan fingerprint density at radius 1 is 1.40 bits per heavy atom. The predicted molar refractivity (Wildman–Crippen MR) is 72.7 cm³/mol. The Kier molecular flexibility index (Phi) is 3.07. The summed E-state index contributed by atoms with van der Waals surface area (Å²) in [7, 11) is 0. The van der Waals surface area contributed by atoms with Gasteiger partial charge in [-0.2, -0.15) is 4.98 Å². The Bertz CT molecular complexity index is 768. The molecule has 0 aliphatic heterocycles. The van der Waals surface area contributed by atoms with Gasteiger partial charge in [-0.3, -0.25) is 10.1 Å². The lowest BCUT2D eigenvalue weighted by Gasteiger charge is -2.00. The van der Waals surface area contributed by atoms with Gasteiger partial charge in [0.2, 0.25) is 5.16 Å². The summed E-state index contributed by atoms with van der Waals surface area (Å²) < 4.78 is 1.53. The summed E-state index contributed by atoms with van der Waals surface area (Å²) in [6, 6.07) is 6.81. The van der Waals surface area contributed by atoms with Gasteiger partial charge in [-0.1, -0.05) is 6.07 Å². The number of hydrogen-bond acceptors (Lipinski definition) is 6. The molecule has 0 saturated heterocycles. The molecule has 2 heterocycles. The average molecular weight is 287 g/mol. The summed E-state index contributed by atoms with van der Waals surface area (Å²) in [5.41, 5.74) is 0.896. The molecule has 1 aromatic carbocycles. The van der Waals surface area contributed by atoms with E-state index in [1.54, 1.807) is 24.5 Å². The number of aryl methyl sites for hydroxylation is 1. The van der Waals surface area contributed by atoms with Gasteiger partial charge in [0, 0.05) is 18.5 Å². The summed E-state index contributed by atoms with van der Waals surface area (Å²) >= 11 is 1.15. The van der Waals surface area contributed by atoms with E-state index in [0.29, 0.717) is 15.8 Å². The van der Waals surface area contributed by atoms with Gasteiger partial charge in [0.1, 0.15) is 0 Å². The highest BCUT2D eigenvalue weighted by Crippen LogP contribution is 2.33. The zero-order valence-corrected chi connectivity index (χ0v) is 11.2. The first kappa shape index (κ1) is 12.5. The third-order valence-electron chi connectivity index (χ3n) is 2.61. The number of benzene rings is 1. The predicted octanol–water partition coefficient (Wildman–Crippen LogP) is 2.49. The molecule has 0 saturated carbocycles. The van der Waals surface area contributed by atoms with E-state index in [2.05, 4.69) is 15.1 Å². The fourth-order valence-electron chi connectivity index (χ4n) is 1.71. The molecule has 0 aliphatic carbocycles. The Hall–Kier alpha value is -2.48. The van der Waals surface area contributed by atoms with Crippen LogP contribution in [0.15, 0.2) is 46.7 Å². The molecule has 0 aliphatic rings. The highest BCUT2D eigenvalue weighted by molar-refractivity contribution is 7.99. The number of nitrogens with zero attached hydrogens (tertiary/aromatic N) is 5. The molecule has 0 atom stereocenters. The zero-order valence-electron chi connectivity index (χ0n) is 10.4. The number of nitro groups is 1. The minimum atomic E-state index is -0.399. The van der Waals surface area contributed by atoms with Gasteiger partial charge < -0.3 is 0 Å². The van der Waals surface area contributed by atoms with E-state index in [1.807, 2.05) is 13.0 Å². The molecule has 8 heteroatoms. The molecule has 0 bridgehead atoms. The van der Waals surface area contributed by atoms with Crippen molar-refractivity contribution in [3.05, 3.63) is 52.3 Å². The van der Waals surface area contributed by atoms with Crippen LogP contribution in [0.3, 0.4) is 0 Å². The molecule has 100 valence electrons. The third kappa shape index (κ3) is 2.32. The minimum Gasteiger partial charge on any atom is -0.258 e. The molecule has 20 heavy (non-hydrogen) atoms. The van der Waals surface area contributed by atoms with Crippen LogP contribution in [-0.2, 0) is 0 Å². The van der Waals surface area contributed by atoms with Crippen LogP contribution >= 0.6 is 11.8 Å². The summed E-state index contributed by atoms with van der Waals surface area (Å²) in [4.78, 5) is 19.5. The minimum absolute atomic E-state index is 0.0572. The van der Waals surface area contributed by atoms with Gasteiger partial charge >= 0.3 is 0 Å². The van der Waals surface area contributed by atoms with Crippen LogP contribution in [0.2, 0.25) is 0 Å². The smallest absolute Gasteiger partial charge is 0.258 e. The van der Waals surface area contributed by atoms with E-state index in [0.717, 1.165) is 17.3 Å². The Morgan fingerprint density at radius 2 is 2.25 bits per heavy atom. The quantitative estimate of drug-likeness (QED) is 0.543. The topological polar surface area (TPSA) is 86.2 Å². The third-order valence-corrected chi connectivity index (χ3v) is 3.53. The van der Waals surface area contributed by atoms with Gasteiger partial charge in [-0.05, 0) is 36.4 Å². The van der Waals surface area contributed by atoms with Gasteiger partial charge in [0.25, 0.3) is 11.5 Å². The van der Waals surface area contributed by atoms with E-state index in [4.69, 9.17) is 0 Å². The second kappa shape index (κ2) is 4.89. The van der Waals surface area contributed by atoms with E-state index in [9.17, 15) is 10.1 Å². The molecule has 0 radical (unpaired) electrons. The van der Waals surface area contributed by atoms with Crippen LogP contribution in [0.4, 0.5) is 5.69 Å². The standard InChI is InChI=1S/C12H9N5O2S/c1-8-3-4-10(9(7-8)17(18)19)20-12-14-11-13-5-2-6-16(11)15-12/h2-7H,1H3. The maximum atomic E-state index is 11.1. The van der Waals surface area contributed by atoms with Crippen molar-refractivity contribution in [2.24, 2.45) is 0 Å². The average Bonchev–Trinajstić information content (AvgIpc) is 2.82. The van der Waals surface area contributed by atoms with Crippen molar-refractivity contribution < 1.29 is 4.92 Å². The molecular formula is C12H9N5O2S. The summed E-state index contributed by atoms with van der Waals surface area (Å²) in [6.45, 7) is 1.81. The fraction of sp³-hybridized carbons (Fsp3) is 0.0833. The van der Waals surface area contributed by atoms with Crippen LogP contribution < -0.4 is 0 Å². The van der Waals surface area contributed by atoms with Crippen LogP contribution in [0.1, 0.15) is 5.56 Å². The van der Waals surface area contributed by atoms with Crippen LogP contribution in [0.25, 0.3) is 5.78 Å². The highest BCUT2D eigenvalue weighted by Gasteiger charge is 2.17. The Morgan fingerprint density at radius 3 is 3.00 bits per heavy atom. The van der Waals surface area contributed by atoms with Gasteiger partial charge in [0.15, 0.2) is 0 Å². The van der Waals surface area contributed by atoms with Crippen molar-refractivity contribution in [2.45, 2.75) is 17.0 Å². The molecule has 0 fully saturated rings. The van der Waals surface area contributed by atoms with E-state index >= 15 is 0 Å². The largest absolute Gasteiger partial charge is 0.283 e. The second-order valence-corrected chi connectivity index (χ2v) is 5.10. The van der Waals surface area contributed by atoms with E-state index in [-0.39, 0.29) is 5.69 Å². The SMILES string of the molecule is Cc1ccc(Sc2nc3ncccn3n2)c([N+](=O)[O-])c1. The summed E-state index contributed by atoms with van der Waals surface area (Å²) in [5, 5.41) is 15.7. The van der Waals surface area contributed by atoms with Crippen molar-refractivity contribution >= 4 is 23.2 Å². The normalized spacial score (nSPS) is 10.8.